The number of rotatable bonds is 6. The van der Waals surface area contributed by atoms with Crippen molar-refractivity contribution in [2.24, 2.45) is 11.8 Å². The number of methoxy groups -OCH3 is 1. The van der Waals surface area contributed by atoms with Gasteiger partial charge in [0.05, 0.1) is 18.1 Å². The largest absolute Gasteiger partial charge is 0.497 e. The summed E-state index contributed by atoms with van der Waals surface area (Å²) in [4.78, 5) is 19.7. The van der Waals surface area contributed by atoms with E-state index in [0.717, 1.165) is 82.7 Å². The van der Waals surface area contributed by atoms with E-state index in [-0.39, 0.29) is 5.92 Å². The summed E-state index contributed by atoms with van der Waals surface area (Å²) < 4.78 is 8.68. The maximum atomic E-state index is 12.6. The van der Waals surface area contributed by atoms with Crippen molar-refractivity contribution in [1.82, 2.24) is 14.5 Å². The Hall–Kier alpha value is -3.12. The molecule has 1 saturated carbocycles. The van der Waals surface area contributed by atoms with Gasteiger partial charge in [-0.05, 0) is 76.5 Å². The Morgan fingerprint density at radius 2 is 1.66 bits per heavy atom. The molecule has 35 heavy (non-hydrogen) atoms. The lowest BCUT2D eigenvalue weighted by molar-refractivity contribution is -0.131. The maximum absolute atomic E-state index is 12.6. The maximum Gasteiger partial charge on any atom is 0.225 e. The summed E-state index contributed by atoms with van der Waals surface area (Å²) in [6.45, 7) is 2.57. The summed E-state index contributed by atoms with van der Waals surface area (Å²) >= 11 is 3.76. The van der Waals surface area contributed by atoms with Crippen molar-refractivity contribution in [2.75, 3.05) is 20.2 Å². The van der Waals surface area contributed by atoms with E-state index in [1.807, 2.05) is 18.2 Å². The molecule has 0 radical (unpaired) electrons. The lowest BCUT2D eigenvalue weighted by Crippen LogP contribution is -2.30. The number of aromatic nitrogens is 2. The zero-order valence-corrected chi connectivity index (χ0v) is 21.4. The average Bonchev–Trinajstić information content (AvgIpc) is 3.53. The van der Waals surface area contributed by atoms with Crippen LogP contribution in [0.15, 0.2) is 71.2 Å². The number of carbonyl (C=O) groups is 1. The molecule has 0 N–H and O–H groups in total. The highest BCUT2D eigenvalue weighted by molar-refractivity contribution is 9.10. The number of halogens is 1. The average molecular weight is 530 g/mol. The quantitative estimate of drug-likeness (QED) is 0.290. The van der Waals surface area contributed by atoms with Crippen LogP contribution >= 0.6 is 15.9 Å². The summed E-state index contributed by atoms with van der Waals surface area (Å²) in [5.41, 5.74) is 5.51. The van der Waals surface area contributed by atoms with E-state index in [0.29, 0.717) is 11.8 Å². The lowest BCUT2D eigenvalue weighted by atomic mass is 10.0. The van der Waals surface area contributed by atoms with Crippen LogP contribution < -0.4 is 4.74 Å². The van der Waals surface area contributed by atoms with Crippen LogP contribution in [0.3, 0.4) is 0 Å². The minimum atomic E-state index is 0.289. The highest BCUT2D eigenvalue weighted by atomic mass is 79.9. The molecular formula is C29H28BrN3O2. The second-order valence-corrected chi connectivity index (χ2v) is 10.5. The SMILES string of the molecule is COc1ccc(-c2ccc(-c3nc4cccc(Br)c4n3C[C@@H]3CCN(C(=O)C4CC4)C3)cc2)cc1. The number of ether oxygens (including phenoxy) is 1. The first-order chi connectivity index (χ1) is 17.1. The molecule has 178 valence electrons. The van der Waals surface area contributed by atoms with Crippen molar-refractivity contribution in [2.45, 2.75) is 25.8 Å². The first-order valence-electron chi connectivity index (χ1n) is 12.3. The molecule has 1 aromatic heterocycles. The van der Waals surface area contributed by atoms with Gasteiger partial charge in [0.1, 0.15) is 11.6 Å². The summed E-state index contributed by atoms with van der Waals surface area (Å²) in [6, 6.07) is 22.9. The van der Waals surface area contributed by atoms with Gasteiger partial charge in [0.25, 0.3) is 0 Å². The first-order valence-corrected chi connectivity index (χ1v) is 13.1. The van der Waals surface area contributed by atoms with Crippen LogP contribution in [0, 0.1) is 11.8 Å². The fraction of sp³-hybridized carbons (Fsp3) is 0.310. The number of hydrogen-bond acceptors (Lipinski definition) is 3. The molecule has 4 aromatic rings. The molecule has 2 heterocycles. The molecule has 0 bridgehead atoms. The van der Waals surface area contributed by atoms with Crippen LogP contribution in [-0.2, 0) is 11.3 Å². The van der Waals surface area contributed by atoms with Gasteiger partial charge in [0, 0.05) is 35.6 Å². The van der Waals surface area contributed by atoms with E-state index >= 15 is 0 Å². The van der Waals surface area contributed by atoms with E-state index in [4.69, 9.17) is 9.72 Å². The second-order valence-electron chi connectivity index (χ2n) is 9.67. The highest BCUT2D eigenvalue weighted by Crippen LogP contribution is 2.35. The van der Waals surface area contributed by atoms with Gasteiger partial charge in [0.15, 0.2) is 0 Å². The number of likely N-dealkylation sites (tertiary alicyclic amines) is 1. The molecule has 6 rings (SSSR count). The van der Waals surface area contributed by atoms with Crippen LogP contribution in [-0.4, -0.2) is 40.6 Å². The van der Waals surface area contributed by atoms with Crippen molar-refractivity contribution in [3.63, 3.8) is 0 Å². The topological polar surface area (TPSA) is 47.4 Å². The van der Waals surface area contributed by atoms with Crippen molar-refractivity contribution < 1.29 is 9.53 Å². The fourth-order valence-electron chi connectivity index (χ4n) is 5.16. The van der Waals surface area contributed by atoms with Crippen LogP contribution in [0.1, 0.15) is 19.3 Å². The molecule has 5 nitrogen and oxygen atoms in total. The van der Waals surface area contributed by atoms with E-state index in [1.54, 1.807) is 7.11 Å². The van der Waals surface area contributed by atoms with Crippen molar-refractivity contribution >= 4 is 32.9 Å². The highest BCUT2D eigenvalue weighted by Gasteiger charge is 2.36. The third-order valence-corrected chi connectivity index (χ3v) is 7.89. The Kier molecular flexibility index (Phi) is 5.85. The normalized spacial score (nSPS) is 17.8. The number of hydrogen-bond donors (Lipinski definition) is 0. The van der Waals surface area contributed by atoms with Crippen LogP contribution in [0.4, 0.5) is 0 Å². The van der Waals surface area contributed by atoms with Crippen molar-refractivity contribution in [3.05, 3.63) is 71.2 Å². The number of carbonyl (C=O) groups excluding carboxylic acids is 1. The number of fused-ring (bicyclic) bond motifs is 1. The second kappa shape index (κ2) is 9.15. The molecule has 1 aliphatic heterocycles. The Morgan fingerprint density at radius 1 is 0.971 bits per heavy atom. The molecule has 6 heteroatoms. The van der Waals surface area contributed by atoms with Crippen LogP contribution in [0.5, 0.6) is 5.75 Å². The molecule has 0 spiro atoms. The Labute approximate surface area is 213 Å². The predicted molar refractivity (Wildman–Crippen MR) is 142 cm³/mol. The van der Waals surface area contributed by atoms with Crippen LogP contribution in [0.25, 0.3) is 33.5 Å². The third-order valence-electron chi connectivity index (χ3n) is 7.25. The lowest BCUT2D eigenvalue weighted by Gasteiger charge is -2.18. The zero-order chi connectivity index (χ0) is 23.9. The Balaban J connectivity index is 1.31. The number of imidazole rings is 1. The smallest absolute Gasteiger partial charge is 0.225 e. The van der Waals surface area contributed by atoms with Gasteiger partial charge in [-0.1, -0.05) is 42.5 Å². The number of amides is 1. The summed E-state index contributed by atoms with van der Waals surface area (Å²) in [5.74, 6) is 2.91. The number of para-hydroxylation sites is 1. The van der Waals surface area contributed by atoms with E-state index in [2.05, 4.69) is 73.9 Å². The predicted octanol–water partition coefficient (Wildman–Crippen LogP) is 6.40. The van der Waals surface area contributed by atoms with Gasteiger partial charge in [-0.2, -0.15) is 0 Å². The standard InChI is InChI=1S/C29H28BrN3O2/c1-35-24-13-11-21(12-14-24)20-5-7-22(8-6-20)28-31-26-4-2-3-25(30)27(26)33(28)18-19-15-16-32(17-19)29(34)23-9-10-23/h2-8,11-14,19,23H,9-10,15-18H2,1H3/t19-/m1/s1. The molecule has 1 aliphatic carbocycles. The minimum Gasteiger partial charge on any atom is -0.497 e. The third kappa shape index (κ3) is 4.36. The monoisotopic (exact) mass is 529 g/mol. The van der Waals surface area contributed by atoms with E-state index in [9.17, 15) is 4.79 Å². The Morgan fingerprint density at radius 3 is 2.34 bits per heavy atom. The Bertz CT molecular complexity index is 1370. The number of nitrogens with zero attached hydrogens (tertiary/aromatic N) is 3. The minimum absolute atomic E-state index is 0.289. The molecule has 2 fully saturated rings. The van der Waals surface area contributed by atoms with Gasteiger partial charge in [0.2, 0.25) is 5.91 Å². The molecule has 1 atom stereocenters. The molecule has 1 amide bonds. The van der Waals surface area contributed by atoms with E-state index < -0.39 is 0 Å². The van der Waals surface area contributed by atoms with Gasteiger partial charge >= 0.3 is 0 Å². The zero-order valence-electron chi connectivity index (χ0n) is 19.8. The molecule has 3 aromatic carbocycles. The first kappa shape index (κ1) is 22.4. The summed E-state index contributed by atoms with van der Waals surface area (Å²) in [7, 11) is 1.68. The molecule has 2 aliphatic rings. The number of benzene rings is 3. The molecular weight excluding hydrogens is 502 g/mol. The molecule has 1 saturated heterocycles. The molecule has 0 unspecified atom stereocenters. The van der Waals surface area contributed by atoms with Crippen molar-refractivity contribution in [3.8, 4) is 28.3 Å². The van der Waals surface area contributed by atoms with Gasteiger partial charge in [-0.25, -0.2) is 4.98 Å². The summed E-state index contributed by atoms with van der Waals surface area (Å²) in [6.07, 6.45) is 3.17. The summed E-state index contributed by atoms with van der Waals surface area (Å²) in [5, 5.41) is 0. The van der Waals surface area contributed by atoms with Gasteiger partial charge < -0.3 is 14.2 Å². The van der Waals surface area contributed by atoms with Crippen LogP contribution in [0.2, 0.25) is 0 Å². The fourth-order valence-corrected chi connectivity index (χ4v) is 5.73. The van der Waals surface area contributed by atoms with Crippen molar-refractivity contribution in [1.29, 1.82) is 0 Å². The van der Waals surface area contributed by atoms with E-state index in [1.165, 1.54) is 0 Å². The van der Waals surface area contributed by atoms with Gasteiger partial charge in [-0.3, -0.25) is 4.79 Å². The van der Waals surface area contributed by atoms with Gasteiger partial charge in [-0.15, -0.1) is 0 Å².